The highest BCUT2D eigenvalue weighted by atomic mass is 16.3. The van der Waals surface area contributed by atoms with Crippen molar-refractivity contribution < 1.29 is 15.0 Å². The van der Waals surface area contributed by atoms with Gasteiger partial charge in [-0.1, -0.05) is 36.4 Å². The summed E-state index contributed by atoms with van der Waals surface area (Å²) in [6, 6.07) is 17.9. The second-order valence-electron chi connectivity index (χ2n) is 5.31. The molecule has 3 nitrogen and oxygen atoms in total. The monoisotopic (exact) mass is 292 g/mol. The van der Waals surface area contributed by atoms with Crippen LogP contribution in [0.15, 0.2) is 60.7 Å². The maximum Gasteiger partial charge on any atom is 0.166 e. The summed E-state index contributed by atoms with van der Waals surface area (Å²) in [6.07, 6.45) is 0.994. The van der Waals surface area contributed by atoms with Crippen LogP contribution in [0.4, 0.5) is 0 Å². The topological polar surface area (TPSA) is 57.5 Å². The number of aromatic hydroxyl groups is 2. The fourth-order valence-electron chi connectivity index (χ4n) is 2.53. The van der Waals surface area contributed by atoms with Crippen molar-refractivity contribution in [3.63, 3.8) is 0 Å². The van der Waals surface area contributed by atoms with E-state index in [1.54, 1.807) is 24.3 Å². The quantitative estimate of drug-likeness (QED) is 0.713. The molecule has 0 aliphatic carbocycles. The summed E-state index contributed by atoms with van der Waals surface area (Å²) in [5.41, 5.74) is 1.43. The van der Waals surface area contributed by atoms with Gasteiger partial charge in [-0.2, -0.15) is 0 Å². The highest BCUT2D eigenvalue weighted by Gasteiger charge is 2.13. The lowest BCUT2D eigenvalue weighted by Crippen LogP contribution is -2.01. The van der Waals surface area contributed by atoms with Gasteiger partial charge in [-0.15, -0.1) is 0 Å². The Kier molecular flexibility index (Phi) is 3.79. The van der Waals surface area contributed by atoms with Crippen LogP contribution in [0.25, 0.3) is 10.8 Å². The van der Waals surface area contributed by atoms with Crippen LogP contribution in [-0.4, -0.2) is 16.0 Å². The van der Waals surface area contributed by atoms with Gasteiger partial charge in [0.05, 0.1) is 5.56 Å². The molecule has 0 aliphatic heterocycles. The maximum absolute atomic E-state index is 12.3. The van der Waals surface area contributed by atoms with Gasteiger partial charge in [-0.05, 0) is 47.0 Å². The molecule has 0 bridgehead atoms. The molecule has 110 valence electrons. The van der Waals surface area contributed by atoms with Crippen molar-refractivity contribution in [2.24, 2.45) is 0 Å². The second-order valence-corrected chi connectivity index (χ2v) is 5.31. The molecule has 0 atom stereocenters. The number of hydrogen-bond donors (Lipinski definition) is 2. The van der Waals surface area contributed by atoms with Gasteiger partial charge in [0, 0.05) is 6.42 Å². The Balaban J connectivity index is 1.84. The van der Waals surface area contributed by atoms with E-state index in [2.05, 4.69) is 0 Å². The van der Waals surface area contributed by atoms with Crippen LogP contribution in [0.3, 0.4) is 0 Å². The predicted molar refractivity (Wildman–Crippen MR) is 86.4 cm³/mol. The smallest absolute Gasteiger partial charge is 0.166 e. The summed E-state index contributed by atoms with van der Waals surface area (Å²) in [7, 11) is 0. The van der Waals surface area contributed by atoms with E-state index in [1.165, 1.54) is 6.07 Å². The van der Waals surface area contributed by atoms with Crippen LogP contribution >= 0.6 is 0 Å². The van der Waals surface area contributed by atoms with E-state index in [0.29, 0.717) is 23.8 Å². The van der Waals surface area contributed by atoms with Crippen molar-refractivity contribution in [2.45, 2.75) is 12.8 Å². The average Bonchev–Trinajstić information content (AvgIpc) is 2.53. The molecular weight excluding hydrogens is 276 g/mol. The van der Waals surface area contributed by atoms with Crippen LogP contribution in [0.2, 0.25) is 0 Å². The van der Waals surface area contributed by atoms with E-state index in [0.717, 1.165) is 10.9 Å². The van der Waals surface area contributed by atoms with Gasteiger partial charge in [-0.3, -0.25) is 4.79 Å². The molecule has 0 fully saturated rings. The van der Waals surface area contributed by atoms with Crippen LogP contribution in [0.1, 0.15) is 22.3 Å². The number of benzene rings is 3. The summed E-state index contributed by atoms with van der Waals surface area (Å²) < 4.78 is 0. The minimum absolute atomic E-state index is 0.0452. The number of phenolic OH excluding ortho intramolecular Hbond substituents is 2. The van der Waals surface area contributed by atoms with E-state index in [4.69, 9.17) is 0 Å². The van der Waals surface area contributed by atoms with E-state index < -0.39 is 0 Å². The van der Waals surface area contributed by atoms with Crippen LogP contribution < -0.4 is 0 Å². The lowest BCUT2D eigenvalue weighted by atomic mass is 9.99. The molecule has 2 N–H and O–H groups in total. The normalized spacial score (nSPS) is 10.7. The van der Waals surface area contributed by atoms with Crippen molar-refractivity contribution in [3.8, 4) is 11.5 Å². The predicted octanol–water partition coefficient (Wildman–Crippen LogP) is 4.07. The largest absolute Gasteiger partial charge is 0.508 e. The maximum atomic E-state index is 12.3. The molecule has 0 aliphatic rings. The molecule has 0 saturated carbocycles. The fourth-order valence-corrected chi connectivity index (χ4v) is 2.53. The van der Waals surface area contributed by atoms with Crippen molar-refractivity contribution in [1.82, 2.24) is 0 Å². The van der Waals surface area contributed by atoms with Gasteiger partial charge in [0.15, 0.2) is 5.78 Å². The number of carbonyl (C=O) groups excluding carboxylic acids is 1. The number of phenols is 2. The van der Waals surface area contributed by atoms with Crippen LogP contribution in [0.5, 0.6) is 11.5 Å². The van der Waals surface area contributed by atoms with Crippen LogP contribution in [0, 0.1) is 0 Å². The first kappa shape index (κ1) is 14.1. The lowest BCUT2D eigenvalue weighted by Gasteiger charge is -2.07. The third kappa shape index (κ3) is 2.93. The molecule has 0 aromatic heterocycles. The van der Waals surface area contributed by atoms with Crippen molar-refractivity contribution in [3.05, 3.63) is 71.8 Å². The molecular formula is C19H16O3. The molecule has 0 saturated heterocycles. The molecule has 0 amide bonds. The molecule has 3 aromatic carbocycles. The molecule has 0 heterocycles. The van der Waals surface area contributed by atoms with E-state index >= 15 is 0 Å². The minimum atomic E-state index is -0.0867. The zero-order valence-electron chi connectivity index (χ0n) is 12.0. The molecule has 22 heavy (non-hydrogen) atoms. The Labute approximate surface area is 128 Å². The van der Waals surface area contributed by atoms with Gasteiger partial charge >= 0.3 is 0 Å². The summed E-state index contributed by atoms with van der Waals surface area (Å²) in [6.45, 7) is 0. The number of ketones is 1. The van der Waals surface area contributed by atoms with Gasteiger partial charge < -0.3 is 10.2 Å². The Morgan fingerprint density at radius 3 is 2.41 bits per heavy atom. The summed E-state index contributed by atoms with van der Waals surface area (Å²) in [5, 5.41) is 21.0. The second kappa shape index (κ2) is 5.90. The fraction of sp³-hybridized carbons (Fsp3) is 0.105. The number of aryl methyl sites for hydroxylation is 1. The number of carbonyl (C=O) groups is 1. The van der Waals surface area contributed by atoms with E-state index in [1.807, 2.05) is 30.3 Å². The molecule has 0 spiro atoms. The number of Topliss-reactive ketones (excluding diaryl/α,β-unsaturated/α-hetero) is 1. The Bertz CT molecular complexity index is 823. The Hall–Kier alpha value is -2.81. The van der Waals surface area contributed by atoms with Crippen molar-refractivity contribution in [2.75, 3.05) is 0 Å². The standard InChI is InChI=1S/C19H16O3/c20-16-8-7-14-11-17(19(22)12-15(14)10-16)18(21)9-6-13-4-2-1-3-5-13/h1-5,7-8,10-12,20,22H,6,9H2. The van der Waals surface area contributed by atoms with Crippen LogP contribution in [-0.2, 0) is 6.42 Å². The SMILES string of the molecule is O=C(CCc1ccccc1)c1cc2ccc(O)cc2cc1O. The molecule has 0 radical (unpaired) electrons. The highest BCUT2D eigenvalue weighted by Crippen LogP contribution is 2.28. The third-order valence-electron chi connectivity index (χ3n) is 3.72. The molecule has 3 aromatic rings. The summed E-state index contributed by atoms with van der Waals surface area (Å²) >= 11 is 0. The molecule has 3 rings (SSSR count). The first-order chi connectivity index (χ1) is 10.6. The Morgan fingerprint density at radius 2 is 1.64 bits per heavy atom. The molecule has 0 unspecified atom stereocenters. The van der Waals surface area contributed by atoms with Crippen molar-refractivity contribution in [1.29, 1.82) is 0 Å². The van der Waals surface area contributed by atoms with E-state index in [9.17, 15) is 15.0 Å². The Morgan fingerprint density at radius 1 is 0.864 bits per heavy atom. The first-order valence-electron chi connectivity index (χ1n) is 7.16. The minimum Gasteiger partial charge on any atom is -0.508 e. The number of rotatable bonds is 4. The summed E-state index contributed by atoms with van der Waals surface area (Å²) in [5.74, 6) is 0.00236. The van der Waals surface area contributed by atoms with E-state index in [-0.39, 0.29) is 17.3 Å². The number of fused-ring (bicyclic) bond motifs is 1. The average molecular weight is 292 g/mol. The third-order valence-corrected chi connectivity index (χ3v) is 3.72. The zero-order chi connectivity index (χ0) is 15.5. The van der Waals surface area contributed by atoms with Gasteiger partial charge in [-0.25, -0.2) is 0 Å². The highest BCUT2D eigenvalue weighted by molar-refractivity contribution is 6.03. The lowest BCUT2D eigenvalue weighted by molar-refractivity contribution is 0.0980. The first-order valence-corrected chi connectivity index (χ1v) is 7.16. The van der Waals surface area contributed by atoms with Gasteiger partial charge in [0.25, 0.3) is 0 Å². The summed E-state index contributed by atoms with van der Waals surface area (Å²) in [4.78, 5) is 12.3. The van der Waals surface area contributed by atoms with Crippen molar-refractivity contribution >= 4 is 16.6 Å². The molecule has 3 heteroatoms. The van der Waals surface area contributed by atoms with Gasteiger partial charge in [0.2, 0.25) is 0 Å². The zero-order valence-corrected chi connectivity index (χ0v) is 12.0. The number of hydrogen-bond acceptors (Lipinski definition) is 3. The van der Waals surface area contributed by atoms with Gasteiger partial charge in [0.1, 0.15) is 11.5 Å².